The van der Waals surface area contributed by atoms with Crippen LogP contribution in [0.2, 0.25) is 18.1 Å². The highest BCUT2D eigenvalue weighted by molar-refractivity contribution is 6.74. The van der Waals surface area contributed by atoms with Crippen molar-refractivity contribution in [2.24, 2.45) is 0 Å². The lowest BCUT2D eigenvalue weighted by atomic mass is 9.97. The molecule has 76 heavy (non-hydrogen) atoms. The van der Waals surface area contributed by atoms with Gasteiger partial charge in [0.2, 0.25) is 0 Å². The van der Waals surface area contributed by atoms with Gasteiger partial charge in [-0.05, 0) is 52.4 Å². The van der Waals surface area contributed by atoms with Gasteiger partial charge in [0.05, 0.1) is 46.2 Å². The number of benzene rings is 5. The summed E-state index contributed by atoms with van der Waals surface area (Å²) in [5.41, 5.74) is 4.87. The Morgan fingerprint density at radius 2 is 0.803 bits per heavy atom. The second-order valence-electron chi connectivity index (χ2n) is 21.5. The summed E-state index contributed by atoms with van der Waals surface area (Å²) in [5, 5.41) is -0.0933. The SMILES string of the molecule is CCCCCCCCO[C@@H]1O[C@H](CO[C@H]2O[C@H](CO[Si](C)(C)C(C)(C)C)[C@@H](OCc3ccccc3)[C@H](OCc3ccccc3)[C@@H]2OC(C)=O)[C@@H](OCc2ccccc2)[C@H](OCc2ccccc2)[C@H]1OCc1ccccc1. The van der Waals surface area contributed by atoms with E-state index in [9.17, 15) is 4.79 Å². The van der Waals surface area contributed by atoms with Crippen molar-refractivity contribution in [1.82, 2.24) is 0 Å². The summed E-state index contributed by atoms with van der Waals surface area (Å²) < 4.78 is 75.8. The first kappa shape index (κ1) is 59.1. The molecule has 0 spiro atoms. The number of carbonyl (C=O) groups excluding carboxylic acids is 1. The smallest absolute Gasteiger partial charge is 0.303 e. The maximum Gasteiger partial charge on any atom is 0.303 e. The van der Waals surface area contributed by atoms with Crippen LogP contribution in [0.15, 0.2) is 152 Å². The molecule has 412 valence electrons. The molecule has 2 fully saturated rings. The minimum Gasteiger partial charge on any atom is -0.454 e. The molecule has 2 saturated heterocycles. The molecule has 0 amide bonds. The second kappa shape index (κ2) is 30.5. The van der Waals surface area contributed by atoms with Crippen molar-refractivity contribution in [3.63, 3.8) is 0 Å². The standard InChI is InChI=1S/C63H84O12Si/c1-8-9-10-11-12-28-39-65-61-59(70-44-52-37-26-17-27-38-52)57(68-42-50-33-22-15-23-34-50)55(66-40-48-29-18-13-19-30-48)53(74-61)45-71-62-60(73-47(2)64)58(69-43-51-35-24-16-25-36-51)56(67-41-49-31-20-14-21-32-49)54(75-62)46-72-76(6,7)63(3,4)5/h13-27,29-38,53-62H,8-12,28,39-46H2,1-7H3/t53-,54-,55-,56-,57+,58+,59-,60+,61-,62+/m1/s1. The molecule has 2 aliphatic heterocycles. The predicted octanol–water partition coefficient (Wildman–Crippen LogP) is 12.7. The fourth-order valence-electron chi connectivity index (χ4n) is 9.18. The number of unbranched alkanes of at least 4 members (excludes halogenated alkanes) is 5. The van der Waals surface area contributed by atoms with E-state index in [0.717, 1.165) is 47.1 Å². The van der Waals surface area contributed by atoms with Gasteiger partial charge in [0.25, 0.3) is 0 Å². The molecule has 0 aromatic heterocycles. The minimum absolute atomic E-state index is 0.0773. The van der Waals surface area contributed by atoms with Crippen molar-refractivity contribution in [2.75, 3.05) is 19.8 Å². The van der Waals surface area contributed by atoms with Crippen molar-refractivity contribution in [2.45, 2.75) is 186 Å². The molecule has 0 N–H and O–H groups in total. The largest absolute Gasteiger partial charge is 0.454 e. The summed E-state index contributed by atoms with van der Waals surface area (Å²) in [6.07, 6.45) is -1.79. The van der Waals surface area contributed by atoms with Crippen LogP contribution in [0, 0.1) is 0 Å². The monoisotopic (exact) mass is 1060 g/mol. The maximum absolute atomic E-state index is 13.3. The molecule has 0 saturated carbocycles. The molecule has 5 aromatic rings. The minimum atomic E-state index is -2.34. The summed E-state index contributed by atoms with van der Waals surface area (Å²) in [6, 6.07) is 50.0. The van der Waals surface area contributed by atoms with Crippen LogP contribution in [0.3, 0.4) is 0 Å². The van der Waals surface area contributed by atoms with E-state index in [4.69, 9.17) is 51.8 Å². The van der Waals surface area contributed by atoms with Crippen molar-refractivity contribution < 1.29 is 56.6 Å². The van der Waals surface area contributed by atoms with Gasteiger partial charge in [-0.15, -0.1) is 0 Å². The van der Waals surface area contributed by atoms with E-state index in [1.54, 1.807) is 0 Å². The normalized spacial score (nSPS) is 24.0. The maximum atomic E-state index is 13.3. The van der Waals surface area contributed by atoms with Crippen LogP contribution in [-0.4, -0.2) is 95.5 Å². The molecule has 13 heteroatoms. The Kier molecular flexibility index (Phi) is 23.7. The molecule has 10 atom stereocenters. The lowest BCUT2D eigenvalue weighted by molar-refractivity contribution is -0.349. The van der Waals surface area contributed by atoms with Crippen LogP contribution >= 0.6 is 0 Å². The van der Waals surface area contributed by atoms with Gasteiger partial charge >= 0.3 is 5.97 Å². The summed E-state index contributed by atoms with van der Waals surface area (Å²) in [7, 11) is -2.34. The molecule has 0 bridgehead atoms. The van der Waals surface area contributed by atoms with Crippen molar-refractivity contribution in [1.29, 1.82) is 0 Å². The number of esters is 1. The summed E-state index contributed by atoms with van der Waals surface area (Å²) in [5.74, 6) is -0.526. The third-order valence-corrected chi connectivity index (χ3v) is 19.0. The fourth-order valence-corrected chi connectivity index (χ4v) is 10.2. The van der Waals surface area contributed by atoms with E-state index >= 15 is 0 Å². The second-order valence-corrected chi connectivity index (χ2v) is 26.3. The number of carbonyl (C=O) groups is 1. The van der Waals surface area contributed by atoms with Crippen LogP contribution < -0.4 is 0 Å². The van der Waals surface area contributed by atoms with Gasteiger partial charge in [0.15, 0.2) is 27.0 Å². The van der Waals surface area contributed by atoms with Crippen molar-refractivity contribution in [3.8, 4) is 0 Å². The molecule has 12 nitrogen and oxygen atoms in total. The van der Waals surface area contributed by atoms with Gasteiger partial charge in [-0.1, -0.05) is 211 Å². The van der Waals surface area contributed by atoms with E-state index < -0.39 is 75.7 Å². The van der Waals surface area contributed by atoms with Gasteiger partial charge in [0, 0.05) is 13.5 Å². The molecular weight excluding hydrogens is 977 g/mol. The van der Waals surface area contributed by atoms with Gasteiger partial charge in [-0.3, -0.25) is 4.79 Å². The lowest BCUT2D eigenvalue weighted by Crippen LogP contribution is -2.64. The molecular formula is C63H84O12Si. The van der Waals surface area contributed by atoms with Gasteiger partial charge in [-0.2, -0.15) is 0 Å². The Morgan fingerprint density at radius 3 is 1.21 bits per heavy atom. The Balaban J connectivity index is 1.25. The average Bonchev–Trinajstić information content (AvgIpc) is 3.43. The first-order valence-electron chi connectivity index (χ1n) is 27.5. The van der Waals surface area contributed by atoms with Crippen LogP contribution in [0.5, 0.6) is 0 Å². The fraction of sp³-hybridized carbons (Fsp3) is 0.508. The van der Waals surface area contributed by atoms with E-state index in [2.05, 4.69) is 40.8 Å². The highest BCUT2D eigenvalue weighted by atomic mass is 28.4. The third-order valence-electron chi connectivity index (χ3n) is 14.5. The van der Waals surface area contributed by atoms with Gasteiger partial charge in [-0.25, -0.2) is 0 Å². The quantitative estimate of drug-likeness (QED) is 0.0247. The number of ether oxygens (including phenoxy) is 10. The summed E-state index contributed by atoms with van der Waals surface area (Å²) in [6.45, 7) is 16.5. The molecule has 5 aromatic carbocycles. The highest BCUT2D eigenvalue weighted by Gasteiger charge is 2.53. The predicted molar refractivity (Wildman–Crippen MR) is 296 cm³/mol. The van der Waals surface area contributed by atoms with Gasteiger partial charge in [0.1, 0.15) is 42.7 Å². The van der Waals surface area contributed by atoms with E-state index in [-0.39, 0.29) is 44.7 Å². The van der Waals surface area contributed by atoms with E-state index in [1.807, 2.05) is 152 Å². The zero-order valence-corrected chi connectivity index (χ0v) is 47.0. The van der Waals surface area contributed by atoms with Crippen LogP contribution in [0.1, 0.15) is 101 Å². The lowest BCUT2D eigenvalue weighted by Gasteiger charge is -2.48. The molecule has 2 heterocycles. The van der Waals surface area contributed by atoms with Crippen molar-refractivity contribution in [3.05, 3.63) is 179 Å². The number of rotatable bonds is 30. The van der Waals surface area contributed by atoms with Crippen LogP contribution in [0.25, 0.3) is 0 Å². The van der Waals surface area contributed by atoms with Crippen LogP contribution in [0.4, 0.5) is 0 Å². The van der Waals surface area contributed by atoms with Crippen molar-refractivity contribution >= 4 is 14.3 Å². The zero-order valence-electron chi connectivity index (χ0n) is 46.0. The van der Waals surface area contributed by atoms with Crippen LogP contribution in [-0.2, 0) is 89.6 Å². The molecule has 0 unspecified atom stereocenters. The first-order valence-corrected chi connectivity index (χ1v) is 30.4. The summed E-state index contributed by atoms with van der Waals surface area (Å²) >= 11 is 0. The molecule has 7 rings (SSSR count). The first-order chi connectivity index (χ1) is 36.9. The number of hydrogen-bond donors (Lipinski definition) is 0. The van der Waals surface area contributed by atoms with E-state index in [0.29, 0.717) is 13.2 Å². The molecule has 0 radical (unpaired) electrons. The van der Waals surface area contributed by atoms with E-state index in [1.165, 1.54) is 26.2 Å². The average molecular weight is 1060 g/mol. The third kappa shape index (κ3) is 18.2. The Labute approximate surface area is 454 Å². The van der Waals surface area contributed by atoms with Gasteiger partial charge < -0.3 is 51.8 Å². The Hall–Kier alpha value is -4.61. The highest BCUT2D eigenvalue weighted by Crippen LogP contribution is 2.39. The molecule has 2 aliphatic rings. The Bertz CT molecular complexity index is 2360. The zero-order chi connectivity index (χ0) is 53.6. The number of hydrogen-bond acceptors (Lipinski definition) is 12. The Morgan fingerprint density at radius 1 is 0.447 bits per heavy atom. The summed E-state index contributed by atoms with van der Waals surface area (Å²) in [4.78, 5) is 13.3. The topological polar surface area (TPSA) is 119 Å². The molecule has 0 aliphatic carbocycles.